The summed E-state index contributed by atoms with van der Waals surface area (Å²) >= 11 is 0. The summed E-state index contributed by atoms with van der Waals surface area (Å²) in [6.07, 6.45) is 0. The first kappa shape index (κ1) is 9.10. The van der Waals surface area contributed by atoms with Gasteiger partial charge in [0.05, 0.1) is 12.7 Å². The Morgan fingerprint density at radius 2 is 2.00 bits per heavy atom. The van der Waals surface area contributed by atoms with E-state index in [0.717, 1.165) is 5.76 Å². The third kappa shape index (κ3) is 1.31. The van der Waals surface area contributed by atoms with Crippen molar-refractivity contribution in [1.29, 1.82) is 0 Å². The minimum atomic E-state index is -0.0162. The molecule has 0 radical (unpaired) electrons. The fraction of sp³-hybridized carbons (Fsp3) is 0.667. The molecule has 1 amide bonds. The van der Waals surface area contributed by atoms with Crippen LogP contribution in [0.15, 0.2) is 11.3 Å². The fourth-order valence-electron chi connectivity index (χ4n) is 1.46. The topological polar surface area (TPSA) is 38.3 Å². The molecule has 12 heavy (non-hydrogen) atoms. The van der Waals surface area contributed by atoms with Crippen LogP contribution < -0.4 is 5.32 Å². The molecular formula is C9H15NO2. The van der Waals surface area contributed by atoms with E-state index < -0.39 is 0 Å². The Hall–Kier alpha value is -0.990. The molecular weight excluding hydrogens is 154 g/mol. The van der Waals surface area contributed by atoms with Gasteiger partial charge in [-0.25, -0.2) is 0 Å². The lowest BCUT2D eigenvalue weighted by Crippen LogP contribution is -2.43. The van der Waals surface area contributed by atoms with Gasteiger partial charge in [0, 0.05) is 12.0 Å². The first-order valence-electron chi connectivity index (χ1n) is 4.13. The van der Waals surface area contributed by atoms with E-state index in [0.29, 0.717) is 5.57 Å². The van der Waals surface area contributed by atoms with Gasteiger partial charge >= 0.3 is 0 Å². The molecule has 0 saturated carbocycles. The number of rotatable bonds is 1. The molecule has 1 aliphatic heterocycles. The van der Waals surface area contributed by atoms with Crippen LogP contribution in [0.2, 0.25) is 0 Å². The fourth-order valence-corrected chi connectivity index (χ4v) is 1.46. The summed E-state index contributed by atoms with van der Waals surface area (Å²) in [6.45, 7) is 5.82. The second-order valence-corrected chi connectivity index (χ2v) is 3.24. The van der Waals surface area contributed by atoms with Crippen molar-refractivity contribution in [1.82, 2.24) is 5.32 Å². The van der Waals surface area contributed by atoms with Crippen LogP contribution in [-0.4, -0.2) is 19.1 Å². The second-order valence-electron chi connectivity index (χ2n) is 3.24. The largest absolute Gasteiger partial charge is 0.500 e. The van der Waals surface area contributed by atoms with Crippen LogP contribution in [0.25, 0.3) is 0 Å². The van der Waals surface area contributed by atoms with Gasteiger partial charge in [-0.15, -0.1) is 0 Å². The van der Waals surface area contributed by atoms with E-state index in [2.05, 4.69) is 5.32 Å². The SMILES string of the molecule is COC1=C(C)C(=O)NC(C)C1C. The van der Waals surface area contributed by atoms with Crippen molar-refractivity contribution < 1.29 is 9.53 Å². The molecule has 68 valence electrons. The maximum Gasteiger partial charge on any atom is 0.250 e. The number of methoxy groups -OCH3 is 1. The van der Waals surface area contributed by atoms with E-state index in [-0.39, 0.29) is 17.9 Å². The van der Waals surface area contributed by atoms with Crippen LogP contribution in [0.5, 0.6) is 0 Å². The van der Waals surface area contributed by atoms with Gasteiger partial charge in [0.15, 0.2) is 0 Å². The number of hydrogen-bond acceptors (Lipinski definition) is 2. The standard InChI is InChI=1S/C9H15NO2/c1-5-7(3)10-9(11)6(2)8(5)12-4/h5,7H,1-4H3,(H,10,11). The summed E-state index contributed by atoms with van der Waals surface area (Å²) in [4.78, 5) is 11.3. The molecule has 2 unspecified atom stereocenters. The summed E-state index contributed by atoms with van der Waals surface area (Å²) in [5.74, 6) is 1.07. The normalized spacial score (nSPS) is 30.2. The molecule has 3 nitrogen and oxygen atoms in total. The van der Waals surface area contributed by atoms with Crippen molar-refractivity contribution in [3.05, 3.63) is 11.3 Å². The highest BCUT2D eigenvalue weighted by molar-refractivity contribution is 5.94. The number of carbonyl (C=O) groups excluding carboxylic acids is 1. The van der Waals surface area contributed by atoms with Crippen molar-refractivity contribution in [2.75, 3.05) is 7.11 Å². The van der Waals surface area contributed by atoms with Gasteiger partial charge in [0.25, 0.3) is 5.91 Å². The summed E-state index contributed by atoms with van der Waals surface area (Å²) in [7, 11) is 1.61. The minimum absolute atomic E-state index is 0.0162. The maximum atomic E-state index is 11.3. The number of hydrogen-bond donors (Lipinski definition) is 1. The average molecular weight is 169 g/mol. The molecule has 0 aromatic rings. The third-order valence-electron chi connectivity index (χ3n) is 2.45. The zero-order valence-corrected chi connectivity index (χ0v) is 7.97. The van der Waals surface area contributed by atoms with Crippen LogP contribution >= 0.6 is 0 Å². The molecule has 2 atom stereocenters. The van der Waals surface area contributed by atoms with E-state index >= 15 is 0 Å². The Labute approximate surface area is 72.8 Å². The molecule has 3 heteroatoms. The van der Waals surface area contributed by atoms with Crippen molar-refractivity contribution in [3.63, 3.8) is 0 Å². The van der Waals surface area contributed by atoms with Crippen molar-refractivity contribution in [2.45, 2.75) is 26.8 Å². The van der Waals surface area contributed by atoms with Gasteiger partial charge in [0.1, 0.15) is 5.76 Å². The highest BCUT2D eigenvalue weighted by Gasteiger charge is 2.28. The Morgan fingerprint density at radius 1 is 1.42 bits per heavy atom. The summed E-state index contributed by atoms with van der Waals surface area (Å²) in [6, 6.07) is 0.163. The van der Waals surface area contributed by atoms with E-state index in [9.17, 15) is 4.79 Å². The molecule has 0 aromatic heterocycles. The van der Waals surface area contributed by atoms with E-state index in [1.165, 1.54) is 0 Å². The lowest BCUT2D eigenvalue weighted by molar-refractivity contribution is -0.119. The van der Waals surface area contributed by atoms with Crippen molar-refractivity contribution >= 4 is 5.91 Å². The van der Waals surface area contributed by atoms with Gasteiger partial charge in [0.2, 0.25) is 0 Å². The zero-order valence-electron chi connectivity index (χ0n) is 7.97. The predicted octanol–water partition coefficient (Wildman–Crippen LogP) is 1.06. The van der Waals surface area contributed by atoms with Crippen LogP contribution in [-0.2, 0) is 9.53 Å². The summed E-state index contributed by atoms with van der Waals surface area (Å²) in [5.41, 5.74) is 0.697. The van der Waals surface area contributed by atoms with E-state index in [4.69, 9.17) is 4.74 Å². The van der Waals surface area contributed by atoms with Crippen LogP contribution in [0, 0.1) is 5.92 Å². The highest BCUT2D eigenvalue weighted by atomic mass is 16.5. The Kier molecular flexibility index (Phi) is 2.40. The molecule has 1 N–H and O–H groups in total. The molecule has 1 heterocycles. The zero-order chi connectivity index (χ0) is 9.30. The maximum absolute atomic E-state index is 11.3. The molecule has 1 rings (SSSR count). The Bertz CT molecular complexity index is 233. The Morgan fingerprint density at radius 3 is 2.50 bits per heavy atom. The average Bonchev–Trinajstić information content (AvgIpc) is 2.02. The van der Waals surface area contributed by atoms with E-state index in [1.807, 2.05) is 13.8 Å². The van der Waals surface area contributed by atoms with Crippen LogP contribution in [0.4, 0.5) is 0 Å². The smallest absolute Gasteiger partial charge is 0.250 e. The molecule has 0 aromatic carbocycles. The van der Waals surface area contributed by atoms with Gasteiger partial charge in [-0.05, 0) is 13.8 Å². The molecule has 1 aliphatic rings. The van der Waals surface area contributed by atoms with Gasteiger partial charge in [-0.1, -0.05) is 6.92 Å². The number of ether oxygens (including phenoxy) is 1. The van der Waals surface area contributed by atoms with Crippen molar-refractivity contribution in [2.24, 2.45) is 5.92 Å². The quantitative estimate of drug-likeness (QED) is 0.637. The van der Waals surface area contributed by atoms with E-state index in [1.54, 1.807) is 14.0 Å². The highest BCUT2D eigenvalue weighted by Crippen LogP contribution is 2.23. The molecule has 0 aliphatic carbocycles. The molecule has 0 spiro atoms. The number of carbonyl (C=O) groups is 1. The van der Waals surface area contributed by atoms with Gasteiger partial charge < -0.3 is 10.1 Å². The monoisotopic (exact) mass is 169 g/mol. The molecule has 0 fully saturated rings. The first-order chi connectivity index (χ1) is 5.57. The molecule has 0 saturated heterocycles. The predicted molar refractivity (Wildman–Crippen MR) is 46.5 cm³/mol. The van der Waals surface area contributed by atoms with Gasteiger partial charge in [-0.3, -0.25) is 4.79 Å². The molecule has 0 bridgehead atoms. The first-order valence-corrected chi connectivity index (χ1v) is 4.13. The lowest BCUT2D eigenvalue weighted by Gasteiger charge is -2.29. The number of nitrogens with one attached hydrogen (secondary N) is 1. The van der Waals surface area contributed by atoms with Crippen molar-refractivity contribution in [3.8, 4) is 0 Å². The van der Waals surface area contributed by atoms with Crippen LogP contribution in [0.3, 0.4) is 0 Å². The lowest BCUT2D eigenvalue weighted by atomic mass is 9.94. The summed E-state index contributed by atoms with van der Waals surface area (Å²) < 4.78 is 5.18. The van der Waals surface area contributed by atoms with Crippen LogP contribution in [0.1, 0.15) is 20.8 Å². The second kappa shape index (κ2) is 3.17. The minimum Gasteiger partial charge on any atom is -0.500 e. The third-order valence-corrected chi connectivity index (χ3v) is 2.45. The summed E-state index contributed by atoms with van der Waals surface area (Å²) in [5, 5.41) is 2.87. The number of amides is 1. The Balaban J connectivity index is 3.00. The van der Waals surface area contributed by atoms with Gasteiger partial charge in [-0.2, -0.15) is 0 Å².